The Hall–Kier alpha value is -1.88. The van der Waals surface area contributed by atoms with Crippen LogP contribution in [-0.4, -0.2) is 46.5 Å². The summed E-state index contributed by atoms with van der Waals surface area (Å²) in [5, 5.41) is 0. The van der Waals surface area contributed by atoms with Crippen molar-refractivity contribution in [2.24, 2.45) is 5.92 Å². The molecular weight excluding hydrogens is 266 g/mol. The van der Waals surface area contributed by atoms with Gasteiger partial charge in [-0.3, -0.25) is 4.79 Å². The van der Waals surface area contributed by atoms with E-state index in [1.165, 1.54) is 5.69 Å². The van der Waals surface area contributed by atoms with Crippen LogP contribution in [0.3, 0.4) is 0 Å². The van der Waals surface area contributed by atoms with Gasteiger partial charge >= 0.3 is 0 Å². The molecule has 110 valence electrons. The highest BCUT2D eigenvalue weighted by atomic mass is 16.5. The second-order valence-electron chi connectivity index (χ2n) is 5.81. The van der Waals surface area contributed by atoms with Crippen molar-refractivity contribution < 1.29 is 9.53 Å². The Bertz CT molecular complexity index is 673. The number of carbonyl (C=O) groups is 1. The number of carbonyl (C=O) groups excluding carboxylic acids is 1. The van der Waals surface area contributed by atoms with Crippen LogP contribution in [0.25, 0.3) is 5.65 Å². The van der Waals surface area contributed by atoms with Crippen molar-refractivity contribution in [2.45, 2.75) is 19.3 Å². The maximum absolute atomic E-state index is 12.7. The minimum atomic E-state index is 0.0932. The van der Waals surface area contributed by atoms with Crippen molar-refractivity contribution in [2.75, 3.05) is 26.3 Å². The van der Waals surface area contributed by atoms with E-state index < -0.39 is 0 Å². The third-order valence-corrected chi connectivity index (χ3v) is 4.55. The predicted molar refractivity (Wildman–Crippen MR) is 78.1 cm³/mol. The van der Waals surface area contributed by atoms with Crippen LogP contribution in [0.5, 0.6) is 0 Å². The first-order valence-corrected chi connectivity index (χ1v) is 7.64. The molecule has 0 bridgehead atoms. The van der Waals surface area contributed by atoms with Crippen molar-refractivity contribution in [3.05, 3.63) is 35.8 Å². The van der Waals surface area contributed by atoms with Crippen LogP contribution in [0.1, 0.15) is 17.8 Å². The topological polar surface area (TPSA) is 46.8 Å². The number of fused-ring (bicyclic) bond motifs is 3. The number of pyridine rings is 1. The summed E-state index contributed by atoms with van der Waals surface area (Å²) in [6, 6.07) is 6.05. The van der Waals surface area contributed by atoms with Crippen molar-refractivity contribution in [1.29, 1.82) is 0 Å². The average Bonchev–Trinajstić information content (AvgIpc) is 2.93. The van der Waals surface area contributed by atoms with E-state index in [0.717, 1.165) is 43.7 Å². The lowest BCUT2D eigenvalue weighted by Crippen LogP contribution is -2.45. The average molecular weight is 285 g/mol. The smallest absolute Gasteiger partial charge is 0.226 e. The molecule has 0 saturated carbocycles. The van der Waals surface area contributed by atoms with E-state index in [0.29, 0.717) is 13.2 Å². The quantitative estimate of drug-likeness (QED) is 0.793. The first kappa shape index (κ1) is 12.8. The van der Waals surface area contributed by atoms with E-state index in [9.17, 15) is 4.79 Å². The Balaban J connectivity index is 1.59. The molecule has 21 heavy (non-hydrogen) atoms. The summed E-state index contributed by atoms with van der Waals surface area (Å²) in [7, 11) is 0. The third kappa shape index (κ3) is 2.21. The molecule has 0 radical (unpaired) electrons. The number of morpholine rings is 1. The fourth-order valence-electron chi connectivity index (χ4n) is 3.41. The monoisotopic (exact) mass is 285 g/mol. The number of imidazole rings is 1. The predicted octanol–water partition coefficient (Wildman–Crippen LogP) is 1.30. The highest BCUT2D eigenvalue weighted by Gasteiger charge is 2.31. The number of hydrogen-bond acceptors (Lipinski definition) is 3. The molecule has 0 N–H and O–H groups in total. The minimum Gasteiger partial charge on any atom is -0.378 e. The number of ether oxygens (including phenoxy) is 1. The van der Waals surface area contributed by atoms with Gasteiger partial charge in [-0.05, 0) is 25.0 Å². The minimum absolute atomic E-state index is 0.0932. The second-order valence-corrected chi connectivity index (χ2v) is 5.81. The first-order valence-electron chi connectivity index (χ1n) is 7.64. The molecule has 4 rings (SSSR count). The summed E-state index contributed by atoms with van der Waals surface area (Å²) in [4.78, 5) is 19.3. The van der Waals surface area contributed by atoms with E-state index in [1.807, 2.05) is 29.3 Å². The Labute approximate surface area is 123 Å². The summed E-state index contributed by atoms with van der Waals surface area (Å²) >= 11 is 0. The van der Waals surface area contributed by atoms with E-state index in [2.05, 4.69) is 9.38 Å². The summed E-state index contributed by atoms with van der Waals surface area (Å²) in [5.41, 5.74) is 3.36. The molecule has 2 aromatic rings. The number of rotatable bonds is 1. The van der Waals surface area contributed by atoms with Gasteiger partial charge in [-0.15, -0.1) is 0 Å². The largest absolute Gasteiger partial charge is 0.378 e. The van der Waals surface area contributed by atoms with Crippen LogP contribution in [0.2, 0.25) is 0 Å². The highest BCUT2D eigenvalue weighted by Crippen LogP contribution is 2.27. The molecule has 1 atom stereocenters. The molecule has 1 fully saturated rings. The lowest BCUT2D eigenvalue weighted by molar-refractivity contribution is -0.140. The molecule has 0 aromatic carbocycles. The van der Waals surface area contributed by atoms with Gasteiger partial charge in [0.1, 0.15) is 5.65 Å². The molecule has 1 unspecified atom stereocenters. The molecule has 1 amide bonds. The van der Waals surface area contributed by atoms with Gasteiger partial charge in [0, 0.05) is 37.3 Å². The summed E-state index contributed by atoms with van der Waals surface area (Å²) in [5.74, 6) is 0.380. The first-order chi connectivity index (χ1) is 10.3. The summed E-state index contributed by atoms with van der Waals surface area (Å²) in [6.45, 7) is 2.79. The molecule has 1 aliphatic carbocycles. The normalized spacial score (nSPS) is 22.3. The lowest BCUT2D eigenvalue weighted by Gasteiger charge is -2.31. The van der Waals surface area contributed by atoms with E-state index in [1.54, 1.807) is 0 Å². The van der Waals surface area contributed by atoms with Gasteiger partial charge in [-0.1, -0.05) is 6.07 Å². The summed E-state index contributed by atoms with van der Waals surface area (Å²) < 4.78 is 7.46. The van der Waals surface area contributed by atoms with Crippen molar-refractivity contribution in [1.82, 2.24) is 14.3 Å². The van der Waals surface area contributed by atoms with Crippen molar-refractivity contribution >= 4 is 11.6 Å². The molecule has 2 aromatic heterocycles. The number of aryl methyl sites for hydroxylation is 1. The number of amides is 1. The van der Waals surface area contributed by atoms with Crippen molar-refractivity contribution in [3.63, 3.8) is 0 Å². The van der Waals surface area contributed by atoms with Gasteiger partial charge in [0.05, 0.1) is 18.9 Å². The second kappa shape index (κ2) is 5.15. The van der Waals surface area contributed by atoms with Gasteiger partial charge in [0.2, 0.25) is 5.91 Å². The zero-order chi connectivity index (χ0) is 14.2. The van der Waals surface area contributed by atoms with E-state index in [-0.39, 0.29) is 11.8 Å². The van der Waals surface area contributed by atoms with E-state index >= 15 is 0 Å². The third-order valence-electron chi connectivity index (χ3n) is 4.55. The summed E-state index contributed by atoms with van der Waals surface area (Å²) in [6.07, 6.45) is 4.66. The van der Waals surface area contributed by atoms with Crippen LogP contribution in [0.15, 0.2) is 24.4 Å². The molecule has 1 saturated heterocycles. The zero-order valence-electron chi connectivity index (χ0n) is 12.0. The maximum Gasteiger partial charge on any atom is 0.226 e. The van der Waals surface area contributed by atoms with Gasteiger partial charge < -0.3 is 14.0 Å². The van der Waals surface area contributed by atoms with Gasteiger partial charge in [0.25, 0.3) is 0 Å². The Morgan fingerprint density at radius 1 is 1.29 bits per heavy atom. The molecule has 1 aliphatic heterocycles. The molecule has 0 spiro atoms. The number of aromatic nitrogens is 2. The van der Waals surface area contributed by atoms with Crippen molar-refractivity contribution in [3.8, 4) is 0 Å². The SMILES string of the molecule is O=C(C1CCc2nc3ccccn3c2C1)N1CCOCC1. The van der Waals surface area contributed by atoms with Crippen LogP contribution < -0.4 is 0 Å². The van der Waals surface area contributed by atoms with Crippen LogP contribution >= 0.6 is 0 Å². The Kier molecular flexibility index (Phi) is 3.15. The lowest BCUT2D eigenvalue weighted by atomic mass is 9.88. The zero-order valence-corrected chi connectivity index (χ0v) is 12.0. The molecule has 5 nitrogen and oxygen atoms in total. The Morgan fingerprint density at radius 2 is 2.14 bits per heavy atom. The molecule has 3 heterocycles. The van der Waals surface area contributed by atoms with Crippen LogP contribution in [0.4, 0.5) is 0 Å². The maximum atomic E-state index is 12.7. The fraction of sp³-hybridized carbons (Fsp3) is 0.500. The van der Waals surface area contributed by atoms with Gasteiger partial charge in [-0.2, -0.15) is 0 Å². The molecule has 5 heteroatoms. The number of hydrogen-bond donors (Lipinski definition) is 0. The highest BCUT2D eigenvalue weighted by molar-refractivity contribution is 5.79. The molecule has 2 aliphatic rings. The number of nitrogens with zero attached hydrogens (tertiary/aromatic N) is 3. The van der Waals surface area contributed by atoms with Crippen LogP contribution in [-0.2, 0) is 22.4 Å². The van der Waals surface area contributed by atoms with E-state index in [4.69, 9.17) is 4.74 Å². The fourth-order valence-corrected chi connectivity index (χ4v) is 3.41. The van der Waals surface area contributed by atoms with Gasteiger partial charge in [0.15, 0.2) is 0 Å². The van der Waals surface area contributed by atoms with Gasteiger partial charge in [-0.25, -0.2) is 4.98 Å². The standard InChI is InChI=1S/C16H19N3O2/c20-16(18-7-9-21-10-8-18)12-4-5-13-14(11-12)19-6-2-1-3-15(19)17-13/h1-3,6,12H,4-5,7-11H2. The Morgan fingerprint density at radius 3 is 3.00 bits per heavy atom. The molecular formula is C16H19N3O2. The van der Waals surface area contributed by atoms with Crippen LogP contribution in [0, 0.1) is 5.92 Å².